The number of hydrogen-bond acceptors (Lipinski definition) is 4. The highest BCUT2D eigenvalue weighted by atomic mass is 16.5. The van der Waals surface area contributed by atoms with Crippen LogP contribution in [0.15, 0.2) is 18.5 Å². The number of carbonyl (C=O) groups is 1. The summed E-state index contributed by atoms with van der Waals surface area (Å²) < 4.78 is 5.46. The van der Waals surface area contributed by atoms with E-state index in [1.54, 1.807) is 18.5 Å². The van der Waals surface area contributed by atoms with E-state index in [2.05, 4.69) is 36.0 Å². The molecule has 0 bridgehead atoms. The Kier molecular flexibility index (Phi) is 8.10. The molecule has 1 aromatic rings. The predicted octanol–water partition coefficient (Wildman–Crippen LogP) is 1.18. The number of nitrogens with one attached hydrogen (secondary N) is 1. The second kappa shape index (κ2) is 9.92. The lowest BCUT2D eigenvalue weighted by Crippen LogP contribution is -2.26. The molecule has 0 aliphatic heterocycles. The van der Waals surface area contributed by atoms with Gasteiger partial charge in [0.05, 0.1) is 17.7 Å². The van der Waals surface area contributed by atoms with Crippen LogP contribution in [-0.4, -0.2) is 37.2 Å². The van der Waals surface area contributed by atoms with E-state index in [-0.39, 0.29) is 12.5 Å². The maximum Gasteiger partial charge on any atom is 0.252 e. The number of pyridine rings is 1. The SMILES string of the molecule is CC(C)COCCCNC(=O)c1ccncc1C#CCN. The number of ether oxygens (including phenoxy) is 1. The summed E-state index contributed by atoms with van der Waals surface area (Å²) >= 11 is 0. The van der Waals surface area contributed by atoms with E-state index in [9.17, 15) is 4.79 Å². The second-order valence-electron chi connectivity index (χ2n) is 5.01. The Morgan fingerprint density at radius 2 is 2.33 bits per heavy atom. The molecule has 0 radical (unpaired) electrons. The van der Waals surface area contributed by atoms with E-state index in [4.69, 9.17) is 10.5 Å². The quantitative estimate of drug-likeness (QED) is 0.584. The molecule has 114 valence electrons. The van der Waals surface area contributed by atoms with Crippen molar-refractivity contribution in [3.8, 4) is 11.8 Å². The number of carbonyl (C=O) groups excluding carboxylic acids is 1. The van der Waals surface area contributed by atoms with Crippen molar-refractivity contribution in [3.63, 3.8) is 0 Å². The van der Waals surface area contributed by atoms with E-state index in [1.165, 1.54) is 0 Å². The van der Waals surface area contributed by atoms with Gasteiger partial charge in [-0.2, -0.15) is 0 Å². The van der Waals surface area contributed by atoms with Gasteiger partial charge in [-0.25, -0.2) is 0 Å². The summed E-state index contributed by atoms with van der Waals surface area (Å²) in [5, 5.41) is 2.86. The third-order valence-corrected chi connectivity index (χ3v) is 2.59. The van der Waals surface area contributed by atoms with Gasteiger partial charge in [0.1, 0.15) is 0 Å². The van der Waals surface area contributed by atoms with Gasteiger partial charge in [0.25, 0.3) is 5.91 Å². The lowest BCUT2D eigenvalue weighted by atomic mass is 10.1. The van der Waals surface area contributed by atoms with Crippen molar-refractivity contribution in [2.75, 3.05) is 26.3 Å². The molecule has 0 aromatic carbocycles. The van der Waals surface area contributed by atoms with Crippen molar-refractivity contribution >= 4 is 5.91 Å². The third kappa shape index (κ3) is 6.89. The van der Waals surface area contributed by atoms with Gasteiger partial charge in [-0.1, -0.05) is 25.7 Å². The Labute approximate surface area is 126 Å². The smallest absolute Gasteiger partial charge is 0.252 e. The van der Waals surface area contributed by atoms with Crippen LogP contribution in [-0.2, 0) is 4.74 Å². The van der Waals surface area contributed by atoms with Gasteiger partial charge in [-0.15, -0.1) is 0 Å². The molecule has 1 amide bonds. The van der Waals surface area contributed by atoms with Crippen molar-refractivity contribution in [1.29, 1.82) is 0 Å². The average molecular weight is 289 g/mol. The Balaban J connectivity index is 2.42. The minimum Gasteiger partial charge on any atom is -0.381 e. The van der Waals surface area contributed by atoms with E-state index >= 15 is 0 Å². The first-order valence-corrected chi connectivity index (χ1v) is 7.14. The molecule has 0 saturated carbocycles. The number of hydrogen-bond donors (Lipinski definition) is 2. The lowest BCUT2D eigenvalue weighted by molar-refractivity contribution is 0.0924. The first kappa shape index (κ1) is 17.2. The summed E-state index contributed by atoms with van der Waals surface area (Å²) in [6.45, 7) is 6.43. The van der Waals surface area contributed by atoms with Gasteiger partial charge >= 0.3 is 0 Å². The fourth-order valence-electron chi connectivity index (χ4n) is 1.63. The van der Waals surface area contributed by atoms with Crippen LogP contribution >= 0.6 is 0 Å². The largest absolute Gasteiger partial charge is 0.381 e. The second-order valence-corrected chi connectivity index (χ2v) is 5.01. The molecule has 5 heteroatoms. The molecule has 0 unspecified atom stereocenters. The van der Waals surface area contributed by atoms with Crippen LogP contribution in [0.3, 0.4) is 0 Å². The van der Waals surface area contributed by atoms with Gasteiger partial charge in [0, 0.05) is 32.2 Å². The normalized spacial score (nSPS) is 10.1. The molecule has 1 rings (SSSR count). The lowest BCUT2D eigenvalue weighted by Gasteiger charge is -2.08. The van der Waals surface area contributed by atoms with Gasteiger partial charge in [0.2, 0.25) is 0 Å². The van der Waals surface area contributed by atoms with Crippen molar-refractivity contribution in [2.24, 2.45) is 11.7 Å². The first-order chi connectivity index (χ1) is 10.1. The molecule has 0 aliphatic carbocycles. The van der Waals surface area contributed by atoms with E-state index in [0.29, 0.717) is 30.2 Å². The van der Waals surface area contributed by atoms with Crippen molar-refractivity contribution in [3.05, 3.63) is 29.6 Å². The zero-order chi connectivity index (χ0) is 15.5. The standard InChI is InChI=1S/C16H23N3O2/c1-13(2)12-21-10-4-8-19-16(20)15-6-9-18-11-14(15)5-3-7-17/h6,9,11,13H,4,7-8,10,12,17H2,1-2H3,(H,19,20). The number of amides is 1. The number of nitrogens with two attached hydrogens (primary N) is 1. The van der Waals surface area contributed by atoms with E-state index in [1.807, 2.05) is 0 Å². The van der Waals surface area contributed by atoms with Crippen LogP contribution in [0.2, 0.25) is 0 Å². The van der Waals surface area contributed by atoms with Gasteiger partial charge < -0.3 is 15.8 Å². The average Bonchev–Trinajstić information content (AvgIpc) is 2.48. The summed E-state index contributed by atoms with van der Waals surface area (Å²) in [6, 6.07) is 1.66. The number of rotatable bonds is 7. The summed E-state index contributed by atoms with van der Waals surface area (Å²) in [7, 11) is 0. The van der Waals surface area contributed by atoms with E-state index in [0.717, 1.165) is 13.0 Å². The number of aromatic nitrogens is 1. The molecule has 1 aromatic heterocycles. The van der Waals surface area contributed by atoms with Gasteiger partial charge in [-0.3, -0.25) is 9.78 Å². The van der Waals surface area contributed by atoms with Crippen LogP contribution in [0, 0.1) is 17.8 Å². The molecule has 0 aliphatic rings. The Morgan fingerprint density at radius 3 is 3.05 bits per heavy atom. The van der Waals surface area contributed by atoms with Crippen molar-refractivity contribution in [1.82, 2.24) is 10.3 Å². The highest BCUT2D eigenvalue weighted by Gasteiger charge is 2.09. The van der Waals surface area contributed by atoms with Crippen LogP contribution in [0.4, 0.5) is 0 Å². The molecule has 0 spiro atoms. The maximum atomic E-state index is 12.1. The summed E-state index contributed by atoms with van der Waals surface area (Å²) in [5.74, 6) is 5.96. The molecular weight excluding hydrogens is 266 g/mol. The minimum absolute atomic E-state index is 0.150. The fourth-order valence-corrected chi connectivity index (χ4v) is 1.63. The first-order valence-electron chi connectivity index (χ1n) is 7.14. The Hall–Kier alpha value is -1.90. The molecule has 3 N–H and O–H groups in total. The predicted molar refractivity (Wildman–Crippen MR) is 82.8 cm³/mol. The Morgan fingerprint density at radius 1 is 1.52 bits per heavy atom. The van der Waals surface area contributed by atoms with Crippen LogP contribution in [0.5, 0.6) is 0 Å². The van der Waals surface area contributed by atoms with E-state index < -0.39 is 0 Å². The fraction of sp³-hybridized carbons (Fsp3) is 0.500. The molecule has 5 nitrogen and oxygen atoms in total. The third-order valence-electron chi connectivity index (χ3n) is 2.59. The Bertz CT molecular complexity index is 504. The van der Waals surface area contributed by atoms with Crippen molar-refractivity contribution in [2.45, 2.75) is 20.3 Å². The molecule has 21 heavy (non-hydrogen) atoms. The molecule has 1 heterocycles. The van der Waals surface area contributed by atoms with Crippen LogP contribution in [0.1, 0.15) is 36.2 Å². The minimum atomic E-state index is -0.150. The zero-order valence-corrected chi connectivity index (χ0v) is 12.7. The highest BCUT2D eigenvalue weighted by Crippen LogP contribution is 2.05. The monoisotopic (exact) mass is 289 g/mol. The molecule has 0 atom stereocenters. The topological polar surface area (TPSA) is 77.2 Å². The number of nitrogens with zero attached hydrogens (tertiary/aromatic N) is 1. The maximum absolute atomic E-state index is 12.1. The molecular formula is C16H23N3O2. The van der Waals surface area contributed by atoms with Crippen LogP contribution in [0.25, 0.3) is 0 Å². The highest BCUT2D eigenvalue weighted by molar-refractivity contribution is 5.96. The summed E-state index contributed by atoms with van der Waals surface area (Å²) in [6.07, 6.45) is 3.94. The molecule has 0 fully saturated rings. The van der Waals surface area contributed by atoms with Crippen LogP contribution < -0.4 is 11.1 Å². The molecule has 0 saturated heterocycles. The van der Waals surface area contributed by atoms with Crippen molar-refractivity contribution < 1.29 is 9.53 Å². The zero-order valence-electron chi connectivity index (χ0n) is 12.7. The summed E-state index contributed by atoms with van der Waals surface area (Å²) in [5.41, 5.74) is 6.46. The van der Waals surface area contributed by atoms with Gasteiger partial charge in [-0.05, 0) is 18.4 Å². The van der Waals surface area contributed by atoms with Gasteiger partial charge in [0.15, 0.2) is 0 Å². The summed E-state index contributed by atoms with van der Waals surface area (Å²) in [4.78, 5) is 16.1.